The Kier molecular flexibility index (Phi) is 5.87. The van der Waals surface area contributed by atoms with Crippen LogP contribution in [0.4, 0.5) is 0 Å². The molecule has 1 aliphatic carbocycles. The molecule has 0 amide bonds. The number of carbonyl (C=O) groups is 2. The maximum Gasteiger partial charge on any atom is 0.185 e. The molecule has 0 aromatic heterocycles. The van der Waals surface area contributed by atoms with Crippen molar-refractivity contribution in [2.45, 2.75) is 53.9 Å². The standard InChI is InChI=1S/C18H24O2/c1-12(2)7-6-8-13(3)9-10-16-11-17(19)14(4)15(5)18(16)20/h7,9,11H,6,8,10H2,1-5H3. The predicted molar refractivity (Wildman–Crippen MR) is 83.5 cm³/mol. The fourth-order valence-corrected chi connectivity index (χ4v) is 2.05. The summed E-state index contributed by atoms with van der Waals surface area (Å²) in [5.74, 6) is -0.0249. The average molecular weight is 272 g/mol. The molecule has 108 valence electrons. The van der Waals surface area contributed by atoms with E-state index >= 15 is 0 Å². The lowest BCUT2D eigenvalue weighted by molar-refractivity contribution is -0.115. The minimum atomic E-state index is -0.0345. The van der Waals surface area contributed by atoms with Crippen molar-refractivity contribution in [1.29, 1.82) is 0 Å². The Morgan fingerprint density at radius 2 is 1.70 bits per heavy atom. The summed E-state index contributed by atoms with van der Waals surface area (Å²) in [6.45, 7) is 9.70. The Labute approximate surface area is 122 Å². The highest BCUT2D eigenvalue weighted by molar-refractivity contribution is 6.22. The van der Waals surface area contributed by atoms with E-state index in [1.54, 1.807) is 13.8 Å². The minimum absolute atomic E-state index is 0.00967. The van der Waals surface area contributed by atoms with Gasteiger partial charge in [-0.3, -0.25) is 9.59 Å². The van der Waals surface area contributed by atoms with Gasteiger partial charge in [0.25, 0.3) is 0 Å². The first-order valence-electron chi connectivity index (χ1n) is 7.09. The van der Waals surface area contributed by atoms with Gasteiger partial charge >= 0.3 is 0 Å². The van der Waals surface area contributed by atoms with Crippen molar-refractivity contribution in [2.75, 3.05) is 0 Å². The van der Waals surface area contributed by atoms with Crippen LogP contribution >= 0.6 is 0 Å². The van der Waals surface area contributed by atoms with Crippen LogP contribution in [0.25, 0.3) is 0 Å². The normalized spacial score (nSPS) is 16.4. The van der Waals surface area contributed by atoms with Gasteiger partial charge < -0.3 is 0 Å². The molecule has 0 heterocycles. The summed E-state index contributed by atoms with van der Waals surface area (Å²) in [5.41, 5.74) is 4.35. The lowest BCUT2D eigenvalue weighted by Crippen LogP contribution is -2.16. The van der Waals surface area contributed by atoms with Crippen LogP contribution < -0.4 is 0 Å². The molecule has 0 unspecified atom stereocenters. The lowest BCUT2D eigenvalue weighted by Gasteiger charge is -2.13. The molecule has 2 nitrogen and oxygen atoms in total. The van der Waals surface area contributed by atoms with Crippen molar-refractivity contribution in [3.63, 3.8) is 0 Å². The van der Waals surface area contributed by atoms with Crippen LogP contribution in [0.5, 0.6) is 0 Å². The number of ketones is 2. The summed E-state index contributed by atoms with van der Waals surface area (Å²) in [6, 6.07) is 0. The summed E-state index contributed by atoms with van der Waals surface area (Å²) in [4.78, 5) is 23.8. The first-order chi connectivity index (χ1) is 9.32. The van der Waals surface area contributed by atoms with Crippen molar-refractivity contribution in [2.24, 2.45) is 0 Å². The van der Waals surface area contributed by atoms with Crippen LogP contribution in [0.2, 0.25) is 0 Å². The second kappa shape index (κ2) is 7.18. The molecule has 1 rings (SSSR count). The first-order valence-corrected chi connectivity index (χ1v) is 7.09. The Morgan fingerprint density at radius 3 is 2.30 bits per heavy atom. The van der Waals surface area contributed by atoms with E-state index in [9.17, 15) is 9.59 Å². The zero-order valence-electron chi connectivity index (χ0n) is 13.2. The second-order valence-corrected chi connectivity index (χ2v) is 5.69. The van der Waals surface area contributed by atoms with E-state index < -0.39 is 0 Å². The quantitative estimate of drug-likeness (QED) is 0.546. The first kappa shape index (κ1) is 16.4. The van der Waals surface area contributed by atoms with Crippen molar-refractivity contribution in [3.8, 4) is 0 Å². The predicted octanol–water partition coefficient (Wildman–Crippen LogP) is 4.48. The van der Waals surface area contributed by atoms with Crippen molar-refractivity contribution < 1.29 is 9.59 Å². The summed E-state index contributed by atoms with van der Waals surface area (Å²) >= 11 is 0. The van der Waals surface area contributed by atoms with Crippen molar-refractivity contribution in [1.82, 2.24) is 0 Å². The number of allylic oxidation sites excluding steroid dienone is 8. The fourth-order valence-electron chi connectivity index (χ4n) is 2.05. The van der Waals surface area contributed by atoms with E-state index in [1.807, 2.05) is 0 Å². The molecule has 0 N–H and O–H groups in total. The van der Waals surface area contributed by atoms with Crippen LogP contribution in [0.3, 0.4) is 0 Å². The zero-order chi connectivity index (χ0) is 15.3. The van der Waals surface area contributed by atoms with Crippen LogP contribution in [0.1, 0.15) is 53.9 Å². The Balaban J connectivity index is 2.66. The van der Waals surface area contributed by atoms with E-state index in [0.29, 0.717) is 23.1 Å². The topological polar surface area (TPSA) is 34.1 Å². The Hall–Kier alpha value is -1.70. The molecule has 0 saturated heterocycles. The maximum absolute atomic E-state index is 12.1. The van der Waals surface area contributed by atoms with Gasteiger partial charge in [-0.05, 0) is 60.0 Å². The average Bonchev–Trinajstić information content (AvgIpc) is 2.38. The second-order valence-electron chi connectivity index (χ2n) is 5.69. The Bertz CT molecular complexity index is 536. The van der Waals surface area contributed by atoms with Crippen LogP contribution in [0.15, 0.2) is 46.1 Å². The molecular weight excluding hydrogens is 248 g/mol. The Morgan fingerprint density at radius 1 is 1.05 bits per heavy atom. The molecule has 0 radical (unpaired) electrons. The van der Waals surface area contributed by atoms with E-state index in [4.69, 9.17) is 0 Å². The lowest BCUT2D eigenvalue weighted by atomic mass is 9.89. The molecule has 0 aliphatic heterocycles. The van der Waals surface area contributed by atoms with Gasteiger partial charge in [0.1, 0.15) is 0 Å². The minimum Gasteiger partial charge on any atom is -0.290 e. The molecule has 20 heavy (non-hydrogen) atoms. The molecule has 0 fully saturated rings. The summed E-state index contributed by atoms with van der Waals surface area (Å²) in [5, 5.41) is 0. The third-order valence-corrected chi connectivity index (χ3v) is 3.63. The van der Waals surface area contributed by atoms with Gasteiger partial charge in [-0.15, -0.1) is 0 Å². The molecular formula is C18H24O2. The number of hydrogen-bond donors (Lipinski definition) is 0. The highest BCUT2D eigenvalue weighted by Gasteiger charge is 2.21. The highest BCUT2D eigenvalue weighted by Crippen LogP contribution is 2.22. The third-order valence-electron chi connectivity index (χ3n) is 3.63. The van der Waals surface area contributed by atoms with Crippen molar-refractivity contribution >= 4 is 11.6 Å². The van der Waals surface area contributed by atoms with Gasteiger partial charge in [-0.2, -0.15) is 0 Å². The third kappa shape index (κ3) is 4.44. The molecule has 1 aliphatic rings. The molecule has 0 atom stereocenters. The summed E-state index contributed by atoms with van der Waals surface area (Å²) in [7, 11) is 0. The SMILES string of the molecule is CC(C)=CCCC(C)=CCC1=CC(=O)C(C)=C(C)C1=O. The van der Waals surface area contributed by atoms with Gasteiger partial charge in [-0.25, -0.2) is 0 Å². The molecule has 0 saturated carbocycles. The van der Waals surface area contributed by atoms with Gasteiger partial charge in [0.2, 0.25) is 0 Å². The number of Topliss-reactive ketones (excluding diaryl/α,β-unsaturated/α-hetero) is 1. The van der Waals surface area contributed by atoms with Gasteiger partial charge in [-0.1, -0.05) is 23.3 Å². The van der Waals surface area contributed by atoms with Gasteiger partial charge in [0.15, 0.2) is 11.6 Å². The summed E-state index contributed by atoms with van der Waals surface area (Å²) in [6.07, 6.45) is 8.33. The van der Waals surface area contributed by atoms with E-state index in [0.717, 1.165) is 12.8 Å². The van der Waals surface area contributed by atoms with Crippen LogP contribution in [-0.2, 0) is 9.59 Å². The largest absolute Gasteiger partial charge is 0.290 e. The van der Waals surface area contributed by atoms with Gasteiger partial charge in [0, 0.05) is 16.7 Å². The molecule has 0 spiro atoms. The molecule has 0 aromatic rings. The number of hydrogen-bond acceptors (Lipinski definition) is 2. The zero-order valence-corrected chi connectivity index (χ0v) is 13.2. The van der Waals surface area contributed by atoms with E-state index in [-0.39, 0.29) is 11.6 Å². The van der Waals surface area contributed by atoms with Crippen molar-refractivity contribution in [3.05, 3.63) is 46.1 Å². The number of rotatable bonds is 5. The van der Waals surface area contributed by atoms with E-state index in [2.05, 4.69) is 32.9 Å². The molecule has 0 aromatic carbocycles. The summed E-state index contributed by atoms with van der Waals surface area (Å²) < 4.78 is 0. The monoisotopic (exact) mass is 272 g/mol. The molecule has 2 heteroatoms. The smallest absolute Gasteiger partial charge is 0.185 e. The highest BCUT2D eigenvalue weighted by atomic mass is 16.1. The maximum atomic E-state index is 12.1. The van der Waals surface area contributed by atoms with Gasteiger partial charge in [0.05, 0.1) is 0 Å². The molecule has 0 bridgehead atoms. The van der Waals surface area contributed by atoms with Crippen LogP contribution in [0, 0.1) is 0 Å². The van der Waals surface area contributed by atoms with E-state index in [1.165, 1.54) is 17.2 Å². The fraction of sp³-hybridized carbons (Fsp3) is 0.444. The number of carbonyl (C=O) groups excluding carboxylic acids is 2. The van der Waals surface area contributed by atoms with Crippen LogP contribution in [-0.4, -0.2) is 11.6 Å².